The fraction of sp³-hybridized carbons (Fsp3) is 0.875. The minimum atomic E-state index is 0. The molecule has 2 aliphatic rings. The Bertz CT molecular complexity index is 375. The summed E-state index contributed by atoms with van der Waals surface area (Å²) in [6.07, 6.45) is 3.56. The topological polar surface area (TPSA) is 64.7 Å². The first kappa shape index (κ1) is 20.2. The SMILES string of the molecule is CCCNC(=O)C1CCCN(CCC(=O)N2CCNCC2)C1.Cl. The van der Waals surface area contributed by atoms with Gasteiger partial charge in [0.15, 0.2) is 0 Å². The van der Waals surface area contributed by atoms with Gasteiger partial charge < -0.3 is 20.4 Å². The minimum Gasteiger partial charge on any atom is -0.356 e. The maximum atomic E-state index is 12.2. The van der Waals surface area contributed by atoms with Crippen molar-refractivity contribution in [2.45, 2.75) is 32.6 Å². The average molecular weight is 347 g/mol. The van der Waals surface area contributed by atoms with Gasteiger partial charge in [-0.2, -0.15) is 0 Å². The molecule has 0 spiro atoms. The number of amides is 2. The van der Waals surface area contributed by atoms with Crippen LogP contribution in [-0.2, 0) is 9.59 Å². The highest BCUT2D eigenvalue weighted by molar-refractivity contribution is 5.85. The number of halogens is 1. The molecule has 0 aromatic heterocycles. The summed E-state index contributed by atoms with van der Waals surface area (Å²) >= 11 is 0. The number of nitrogens with one attached hydrogen (secondary N) is 2. The van der Waals surface area contributed by atoms with E-state index in [1.807, 2.05) is 4.90 Å². The molecule has 134 valence electrons. The molecule has 2 N–H and O–H groups in total. The van der Waals surface area contributed by atoms with Crippen LogP contribution < -0.4 is 10.6 Å². The quantitative estimate of drug-likeness (QED) is 0.733. The van der Waals surface area contributed by atoms with Crippen LogP contribution in [0.25, 0.3) is 0 Å². The van der Waals surface area contributed by atoms with Gasteiger partial charge in [-0.1, -0.05) is 6.92 Å². The number of hydrogen-bond donors (Lipinski definition) is 2. The van der Waals surface area contributed by atoms with Gasteiger partial charge in [0.25, 0.3) is 0 Å². The molecule has 0 radical (unpaired) electrons. The lowest BCUT2D eigenvalue weighted by atomic mass is 9.97. The number of carbonyl (C=O) groups is 2. The number of likely N-dealkylation sites (tertiary alicyclic amines) is 1. The lowest BCUT2D eigenvalue weighted by Crippen LogP contribution is -2.48. The van der Waals surface area contributed by atoms with Gasteiger partial charge in [0.1, 0.15) is 0 Å². The predicted molar refractivity (Wildman–Crippen MR) is 93.8 cm³/mol. The van der Waals surface area contributed by atoms with E-state index in [9.17, 15) is 9.59 Å². The maximum absolute atomic E-state index is 12.2. The second-order valence-corrected chi connectivity index (χ2v) is 6.31. The number of piperazine rings is 1. The molecular weight excluding hydrogens is 316 g/mol. The molecule has 23 heavy (non-hydrogen) atoms. The summed E-state index contributed by atoms with van der Waals surface area (Å²) in [7, 11) is 0. The molecule has 6 nitrogen and oxygen atoms in total. The lowest BCUT2D eigenvalue weighted by molar-refractivity contribution is -0.132. The zero-order valence-corrected chi connectivity index (χ0v) is 15.0. The highest BCUT2D eigenvalue weighted by atomic mass is 35.5. The van der Waals surface area contributed by atoms with Crippen molar-refractivity contribution in [1.29, 1.82) is 0 Å². The Morgan fingerprint density at radius 3 is 2.65 bits per heavy atom. The Morgan fingerprint density at radius 1 is 1.22 bits per heavy atom. The zero-order valence-electron chi connectivity index (χ0n) is 14.2. The van der Waals surface area contributed by atoms with Crippen LogP contribution in [0, 0.1) is 5.92 Å². The van der Waals surface area contributed by atoms with Gasteiger partial charge in [0.05, 0.1) is 5.92 Å². The van der Waals surface area contributed by atoms with E-state index in [1.165, 1.54) is 0 Å². The summed E-state index contributed by atoms with van der Waals surface area (Å²) in [6, 6.07) is 0. The second kappa shape index (κ2) is 10.8. The molecule has 0 aromatic carbocycles. The Kier molecular flexibility index (Phi) is 9.52. The van der Waals surface area contributed by atoms with Crippen molar-refractivity contribution in [3.8, 4) is 0 Å². The Morgan fingerprint density at radius 2 is 1.96 bits per heavy atom. The van der Waals surface area contributed by atoms with Crippen molar-refractivity contribution in [2.24, 2.45) is 5.92 Å². The molecular formula is C16H31ClN4O2. The van der Waals surface area contributed by atoms with E-state index in [2.05, 4.69) is 22.5 Å². The van der Waals surface area contributed by atoms with Crippen LogP contribution in [0.3, 0.4) is 0 Å². The monoisotopic (exact) mass is 346 g/mol. The van der Waals surface area contributed by atoms with Gasteiger partial charge in [0.2, 0.25) is 11.8 Å². The van der Waals surface area contributed by atoms with Crippen LogP contribution in [0.1, 0.15) is 32.6 Å². The molecule has 2 rings (SSSR count). The van der Waals surface area contributed by atoms with E-state index in [0.717, 1.165) is 71.6 Å². The van der Waals surface area contributed by atoms with Crippen molar-refractivity contribution < 1.29 is 9.59 Å². The van der Waals surface area contributed by atoms with Crippen LogP contribution in [0.15, 0.2) is 0 Å². The van der Waals surface area contributed by atoms with E-state index in [1.54, 1.807) is 0 Å². The largest absolute Gasteiger partial charge is 0.356 e. The van der Waals surface area contributed by atoms with Crippen molar-refractivity contribution in [2.75, 3.05) is 52.4 Å². The van der Waals surface area contributed by atoms with Gasteiger partial charge in [-0.25, -0.2) is 0 Å². The van der Waals surface area contributed by atoms with E-state index >= 15 is 0 Å². The van der Waals surface area contributed by atoms with Crippen molar-refractivity contribution in [1.82, 2.24) is 20.4 Å². The standard InChI is InChI=1S/C16H30N4O2.ClH/c1-2-6-18-16(22)14-4-3-9-19(13-14)10-5-15(21)20-11-7-17-8-12-20;/h14,17H,2-13H2,1H3,(H,18,22);1H. The van der Waals surface area contributed by atoms with Crippen LogP contribution in [-0.4, -0.2) is 74.0 Å². The maximum Gasteiger partial charge on any atom is 0.224 e. The second-order valence-electron chi connectivity index (χ2n) is 6.31. The lowest BCUT2D eigenvalue weighted by Gasteiger charge is -2.33. The summed E-state index contributed by atoms with van der Waals surface area (Å²) in [5, 5.41) is 6.25. The van der Waals surface area contributed by atoms with E-state index in [0.29, 0.717) is 6.42 Å². The molecule has 0 bridgehead atoms. The van der Waals surface area contributed by atoms with Gasteiger partial charge >= 0.3 is 0 Å². The normalized spacial score (nSPS) is 22.3. The fourth-order valence-corrected chi connectivity index (χ4v) is 3.19. The van der Waals surface area contributed by atoms with Crippen molar-refractivity contribution in [3.63, 3.8) is 0 Å². The number of piperidine rings is 1. The van der Waals surface area contributed by atoms with E-state index < -0.39 is 0 Å². The molecule has 2 aliphatic heterocycles. The Labute approximate surface area is 145 Å². The molecule has 2 fully saturated rings. The molecule has 2 heterocycles. The summed E-state index contributed by atoms with van der Waals surface area (Å²) in [5.41, 5.74) is 0. The molecule has 2 saturated heterocycles. The van der Waals surface area contributed by atoms with Crippen LogP contribution in [0.2, 0.25) is 0 Å². The highest BCUT2D eigenvalue weighted by Crippen LogP contribution is 2.17. The van der Waals surface area contributed by atoms with Gasteiger partial charge in [-0.05, 0) is 25.8 Å². The first-order valence-corrected chi connectivity index (χ1v) is 8.69. The number of rotatable bonds is 6. The molecule has 1 unspecified atom stereocenters. The third-order valence-corrected chi connectivity index (χ3v) is 4.54. The van der Waals surface area contributed by atoms with Gasteiger partial charge in [0, 0.05) is 52.2 Å². The molecule has 0 saturated carbocycles. The van der Waals surface area contributed by atoms with Crippen molar-refractivity contribution >= 4 is 24.2 Å². The third kappa shape index (κ3) is 6.65. The summed E-state index contributed by atoms with van der Waals surface area (Å²) in [5.74, 6) is 0.522. The molecule has 2 amide bonds. The van der Waals surface area contributed by atoms with Gasteiger partial charge in [-0.15, -0.1) is 12.4 Å². The molecule has 7 heteroatoms. The third-order valence-electron chi connectivity index (χ3n) is 4.54. The number of hydrogen-bond acceptors (Lipinski definition) is 4. The van der Waals surface area contributed by atoms with Crippen LogP contribution in [0.4, 0.5) is 0 Å². The zero-order chi connectivity index (χ0) is 15.8. The first-order valence-electron chi connectivity index (χ1n) is 8.69. The number of carbonyl (C=O) groups excluding carboxylic acids is 2. The first-order chi connectivity index (χ1) is 10.7. The minimum absolute atomic E-state index is 0. The van der Waals surface area contributed by atoms with E-state index in [-0.39, 0.29) is 30.1 Å². The summed E-state index contributed by atoms with van der Waals surface area (Å²) in [6.45, 7) is 8.84. The number of nitrogens with zero attached hydrogens (tertiary/aromatic N) is 2. The summed E-state index contributed by atoms with van der Waals surface area (Å²) < 4.78 is 0. The Balaban J connectivity index is 0.00000264. The molecule has 0 aliphatic carbocycles. The molecule has 0 aromatic rings. The van der Waals surface area contributed by atoms with Crippen LogP contribution in [0.5, 0.6) is 0 Å². The van der Waals surface area contributed by atoms with E-state index in [4.69, 9.17) is 0 Å². The summed E-state index contributed by atoms with van der Waals surface area (Å²) in [4.78, 5) is 28.5. The van der Waals surface area contributed by atoms with Crippen LogP contribution >= 0.6 is 12.4 Å². The smallest absolute Gasteiger partial charge is 0.224 e. The van der Waals surface area contributed by atoms with Crippen molar-refractivity contribution in [3.05, 3.63) is 0 Å². The van der Waals surface area contributed by atoms with Gasteiger partial charge in [-0.3, -0.25) is 9.59 Å². The predicted octanol–water partition coefficient (Wildman–Crippen LogP) is 0.468. The molecule has 1 atom stereocenters. The fourth-order valence-electron chi connectivity index (χ4n) is 3.19. The highest BCUT2D eigenvalue weighted by Gasteiger charge is 2.26. The Hall–Kier alpha value is -0.850. The average Bonchev–Trinajstić information content (AvgIpc) is 2.58.